The van der Waals surface area contributed by atoms with Gasteiger partial charge < -0.3 is 15.0 Å². The zero-order valence-corrected chi connectivity index (χ0v) is 18.3. The molecule has 1 saturated heterocycles. The third-order valence-electron chi connectivity index (χ3n) is 7.66. The van der Waals surface area contributed by atoms with Crippen molar-refractivity contribution >= 4 is 34.1 Å². The van der Waals surface area contributed by atoms with Crippen molar-refractivity contribution in [2.45, 2.75) is 57.4 Å². The van der Waals surface area contributed by atoms with Crippen LogP contribution in [0.5, 0.6) is 0 Å². The second-order valence-electron chi connectivity index (χ2n) is 9.79. The summed E-state index contributed by atoms with van der Waals surface area (Å²) >= 11 is 1.25. The van der Waals surface area contributed by atoms with Gasteiger partial charge in [0.05, 0.1) is 11.0 Å². The summed E-state index contributed by atoms with van der Waals surface area (Å²) in [6.45, 7) is 0.171. The van der Waals surface area contributed by atoms with Crippen molar-refractivity contribution in [3.63, 3.8) is 0 Å². The fourth-order valence-electron chi connectivity index (χ4n) is 6.82. The quantitative estimate of drug-likeness (QED) is 0.707. The normalized spacial score (nSPS) is 33.2. The van der Waals surface area contributed by atoms with Gasteiger partial charge in [0, 0.05) is 6.54 Å². The number of nitriles is 1. The van der Waals surface area contributed by atoms with Gasteiger partial charge in [0.1, 0.15) is 17.1 Å². The van der Waals surface area contributed by atoms with E-state index in [4.69, 9.17) is 10.00 Å². The maximum absolute atomic E-state index is 13.6. The minimum absolute atomic E-state index is 0.146. The minimum Gasteiger partial charge on any atom is -0.454 e. The number of rotatable bonds is 5. The molecule has 1 aromatic rings. The molecule has 164 valence electrons. The lowest BCUT2D eigenvalue weighted by Crippen LogP contribution is -2.56. The number of hydrogen-bond acceptors (Lipinski definition) is 6. The summed E-state index contributed by atoms with van der Waals surface area (Å²) in [4.78, 5) is 40.3. The Morgan fingerprint density at radius 2 is 1.87 bits per heavy atom. The van der Waals surface area contributed by atoms with Crippen LogP contribution < -0.4 is 5.32 Å². The van der Waals surface area contributed by atoms with E-state index in [-0.39, 0.29) is 11.3 Å². The molecule has 2 amide bonds. The van der Waals surface area contributed by atoms with Gasteiger partial charge in [-0.15, -0.1) is 11.3 Å². The molecule has 5 aliphatic rings. The number of nitrogens with zero attached hydrogens (tertiary/aromatic N) is 2. The van der Waals surface area contributed by atoms with Crippen LogP contribution in [0.2, 0.25) is 0 Å². The summed E-state index contributed by atoms with van der Waals surface area (Å²) in [5.41, 5.74) is 0.106. The molecule has 2 heterocycles. The lowest BCUT2D eigenvalue weighted by Gasteiger charge is -2.56. The van der Waals surface area contributed by atoms with E-state index in [0.29, 0.717) is 41.3 Å². The van der Waals surface area contributed by atoms with Crippen molar-refractivity contribution in [2.75, 3.05) is 18.5 Å². The lowest BCUT2D eigenvalue weighted by molar-refractivity contribution is -0.165. The second-order valence-corrected chi connectivity index (χ2v) is 10.7. The Morgan fingerprint density at radius 1 is 1.19 bits per heavy atom. The highest BCUT2D eigenvalue weighted by Gasteiger charge is 2.57. The first-order chi connectivity index (χ1) is 15.0. The molecule has 0 radical (unpaired) electrons. The first-order valence-corrected chi connectivity index (χ1v) is 12.1. The molecule has 31 heavy (non-hydrogen) atoms. The van der Waals surface area contributed by atoms with Crippen LogP contribution in [0.25, 0.3) is 0 Å². The first-order valence-electron chi connectivity index (χ1n) is 11.2. The number of carbonyl (C=O) groups is 3. The molecule has 1 N–H and O–H groups in total. The first kappa shape index (κ1) is 20.5. The Labute approximate surface area is 185 Å². The van der Waals surface area contributed by atoms with Gasteiger partial charge in [-0.2, -0.15) is 5.26 Å². The average Bonchev–Trinajstić information content (AvgIpc) is 3.39. The number of thiophene rings is 1. The highest BCUT2D eigenvalue weighted by atomic mass is 32.1. The highest BCUT2D eigenvalue weighted by molar-refractivity contribution is 7.14. The molecule has 4 aliphatic carbocycles. The van der Waals surface area contributed by atoms with Crippen molar-refractivity contribution in [1.82, 2.24) is 4.90 Å². The summed E-state index contributed by atoms with van der Waals surface area (Å²) in [6, 6.07) is 3.04. The maximum Gasteiger partial charge on any atom is 0.329 e. The van der Waals surface area contributed by atoms with Crippen LogP contribution in [-0.2, 0) is 19.1 Å². The third kappa shape index (κ3) is 3.73. The van der Waals surface area contributed by atoms with Gasteiger partial charge in [-0.1, -0.05) is 0 Å². The van der Waals surface area contributed by atoms with Crippen molar-refractivity contribution < 1.29 is 19.1 Å². The van der Waals surface area contributed by atoms with Gasteiger partial charge >= 0.3 is 5.97 Å². The monoisotopic (exact) mass is 441 g/mol. The Kier molecular flexibility index (Phi) is 5.25. The van der Waals surface area contributed by atoms with Crippen molar-refractivity contribution in [3.8, 4) is 6.07 Å². The minimum atomic E-state index is -0.593. The summed E-state index contributed by atoms with van der Waals surface area (Å²) in [5, 5.41) is 13.8. The summed E-state index contributed by atoms with van der Waals surface area (Å²) in [7, 11) is 0. The Balaban J connectivity index is 1.20. The van der Waals surface area contributed by atoms with E-state index in [1.165, 1.54) is 30.6 Å². The summed E-state index contributed by atoms with van der Waals surface area (Å²) in [6.07, 6.45) is 8.09. The SMILES string of the molecule is N#Cc1ccsc1NC(=O)COC(=O)C1CCCN1C(=O)C12CC3CC(CC(C3)C1)C2. The van der Waals surface area contributed by atoms with E-state index in [0.717, 1.165) is 25.7 Å². The molecule has 1 aliphatic heterocycles. The number of hydrogen-bond donors (Lipinski definition) is 1. The molecule has 4 saturated carbocycles. The predicted molar refractivity (Wildman–Crippen MR) is 114 cm³/mol. The van der Waals surface area contributed by atoms with Gasteiger partial charge in [-0.25, -0.2) is 4.79 Å². The Morgan fingerprint density at radius 3 is 2.52 bits per heavy atom. The van der Waals surface area contributed by atoms with E-state index < -0.39 is 24.5 Å². The molecule has 1 unspecified atom stereocenters. The number of likely N-dealkylation sites (tertiary alicyclic amines) is 1. The van der Waals surface area contributed by atoms with E-state index in [9.17, 15) is 14.4 Å². The molecule has 0 spiro atoms. The average molecular weight is 442 g/mol. The molecule has 7 nitrogen and oxygen atoms in total. The van der Waals surface area contributed by atoms with Gasteiger partial charge in [-0.05, 0) is 80.6 Å². The number of anilines is 1. The molecule has 8 heteroatoms. The van der Waals surface area contributed by atoms with Crippen LogP contribution in [0, 0.1) is 34.5 Å². The molecule has 5 fully saturated rings. The van der Waals surface area contributed by atoms with Crippen LogP contribution in [0.1, 0.15) is 56.9 Å². The molecular formula is C23H27N3O4S. The second kappa shape index (κ2) is 7.94. The van der Waals surface area contributed by atoms with Gasteiger partial charge in [0.15, 0.2) is 6.61 Å². The van der Waals surface area contributed by atoms with Crippen LogP contribution in [-0.4, -0.2) is 41.9 Å². The van der Waals surface area contributed by atoms with Crippen molar-refractivity contribution in [1.29, 1.82) is 5.26 Å². The topological polar surface area (TPSA) is 99.5 Å². The molecule has 6 rings (SSSR count). The van der Waals surface area contributed by atoms with Crippen molar-refractivity contribution in [2.24, 2.45) is 23.2 Å². The van der Waals surface area contributed by atoms with Crippen LogP contribution in [0.4, 0.5) is 5.00 Å². The maximum atomic E-state index is 13.6. The van der Waals surface area contributed by atoms with Crippen LogP contribution >= 0.6 is 11.3 Å². The number of esters is 1. The number of carbonyl (C=O) groups excluding carboxylic acids is 3. The third-order valence-corrected chi connectivity index (χ3v) is 8.49. The van der Waals surface area contributed by atoms with Crippen LogP contribution in [0.15, 0.2) is 11.4 Å². The zero-order chi connectivity index (χ0) is 21.6. The van der Waals surface area contributed by atoms with Gasteiger partial charge in [0.2, 0.25) is 5.91 Å². The number of nitrogens with one attached hydrogen (secondary N) is 1. The highest BCUT2D eigenvalue weighted by Crippen LogP contribution is 2.60. The standard InChI is InChI=1S/C23H27N3O4S/c24-12-17-3-5-31-20(17)25-19(27)13-30-21(28)18-2-1-4-26(18)22(29)23-9-14-6-15(10-23)8-16(7-14)11-23/h3,5,14-16,18H,1-2,4,6-11,13H2,(H,25,27). The van der Waals surface area contributed by atoms with E-state index in [1.54, 1.807) is 16.3 Å². The molecule has 1 aromatic heterocycles. The summed E-state index contributed by atoms with van der Waals surface area (Å²) < 4.78 is 5.29. The number of ether oxygens (including phenoxy) is 1. The van der Waals surface area contributed by atoms with Crippen molar-refractivity contribution in [3.05, 3.63) is 17.0 Å². The van der Waals surface area contributed by atoms with Crippen LogP contribution in [0.3, 0.4) is 0 Å². The van der Waals surface area contributed by atoms with E-state index in [2.05, 4.69) is 5.32 Å². The Hall–Kier alpha value is -2.40. The summed E-state index contributed by atoms with van der Waals surface area (Å²) in [5.74, 6) is 1.17. The molecular weight excluding hydrogens is 414 g/mol. The largest absolute Gasteiger partial charge is 0.454 e. The molecule has 0 aromatic carbocycles. The lowest BCUT2D eigenvalue weighted by atomic mass is 9.49. The smallest absolute Gasteiger partial charge is 0.329 e. The fraction of sp³-hybridized carbons (Fsp3) is 0.652. The van der Waals surface area contributed by atoms with Gasteiger partial charge in [-0.3, -0.25) is 9.59 Å². The zero-order valence-electron chi connectivity index (χ0n) is 17.5. The van der Waals surface area contributed by atoms with E-state index in [1.807, 2.05) is 6.07 Å². The number of amides is 2. The van der Waals surface area contributed by atoms with Gasteiger partial charge in [0.25, 0.3) is 5.91 Å². The van der Waals surface area contributed by atoms with E-state index >= 15 is 0 Å². The molecule has 1 atom stereocenters. The predicted octanol–water partition coefficient (Wildman–Crippen LogP) is 3.31. The fourth-order valence-corrected chi connectivity index (χ4v) is 7.58. The molecule has 4 bridgehead atoms. The Bertz CT molecular complexity index is 914.